The van der Waals surface area contributed by atoms with Crippen molar-refractivity contribution >= 4 is 49.8 Å². The molecule has 1 atom stereocenters. The van der Waals surface area contributed by atoms with Gasteiger partial charge >= 0.3 is 5.91 Å². The van der Waals surface area contributed by atoms with Gasteiger partial charge in [0.15, 0.2) is 22.4 Å². The third kappa shape index (κ3) is 5.18. The number of pyridine rings is 1. The fourth-order valence-electron chi connectivity index (χ4n) is 5.50. The SMILES string of the molecule is C=CCOc1ccc(C2C(=C(O)c3nc4c(C)cccn4c3C)C(=O)C(=O)N2c2nc3ccc(OCC)cc3s2)cc1OCC. The summed E-state index contributed by atoms with van der Waals surface area (Å²) in [5.74, 6) is -0.447. The second kappa shape index (κ2) is 12.1. The minimum atomic E-state index is -1.03. The molecule has 0 bridgehead atoms. The summed E-state index contributed by atoms with van der Waals surface area (Å²) in [5, 5.41) is 12.2. The van der Waals surface area contributed by atoms with Crippen LogP contribution < -0.4 is 19.1 Å². The molecule has 1 saturated heterocycles. The van der Waals surface area contributed by atoms with Gasteiger partial charge in [-0.1, -0.05) is 36.1 Å². The maximum Gasteiger partial charge on any atom is 0.301 e. The van der Waals surface area contributed by atoms with Crippen molar-refractivity contribution in [2.75, 3.05) is 24.7 Å². The molecule has 230 valence electrons. The van der Waals surface area contributed by atoms with Gasteiger partial charge in [-0.25, -0.2) is 9.97 Å². The summed E-state index contributed by atoms with van der Waals surface area (Å²) in [4.78, 5) is 38.6. The number of benzene rings is 2. The van der Waals surface area contributed by atoms with Crippen molar-refractivity contribution in [2.45, 2.75) is 33.7 Å². The number of nitrogens with zero attached hydrogens (tertiary/aromatic N) is 4. The van der Waals surface area contributed by atoms with E-state index in [1.165, 1.54) is 16.2 Å². The van der Waals surface area contributed by atoms with E-state index in [9.17, 15) is 14.7 Å². The molecule has 1 fully saturated rings. The molecule has 3 aromatic heterocycles. The van der Waals surface area contributed by atoms with Crippen molar-refractivity contribution in [3.63, 3.8) is 0 Å². The number of Topliss-reactive ketones (excluding diaryl/α,β-unsaturated/α-hetero) is 1. The average molecular weight is 625 g/mol. The summed E-state index contributed by atoms with van der Waals surface area (Å²) in [5.41, 5.74) is 3.46. The number of ether oxygens (including phenoxy) is 3. The van der Waals surface area contributed by atoms with Crippen molar-refractivity contribution < 1.29 is 28.9 Å². The van der Waals surface area contributed by atoms with Crippen molar-refractivity contribution in [1.29, 1.82) is 0 Å². The van der Waals surface area contributed by atoms with E-state index in [0.717, 1.165) is 10.3 Å². The quantitative estimate of drug-likeness (QED) is 0.0805. The molecule has 1 unspecified atom stereocenters. The Morgan fingerprint density at radius 1 is 1.02 bits per heavy atom. The van der Waals surface area contributed by atoms with Crippen LogP contribution in [0.15, 0.2) is 73.0 Å². The highest BCUT2D eigenvalue weighted by Crippen LogP contribution is 2.46. The van der Waals surface area contributed by atoms with Crippen LogP contribution in [0.5, 0.6) is 17.2 Å². The first-order chi connectivity index (χ1) is 21.8. The lowest BCUT2D eigenvalue weighted by atomic mass is 9.96. The predicted octanol–water partition coefficient (Wildman–Crippen LogP) is 6.55. The van der Waals surface area contributed by atoms with Crippen LogP contribution in [-0.2, 0) is 9.59 Å². The highest BCUT2D eigenvalue weighted by atomic mass is 32.1. The lowest BCUT2D eigenvalue weighted by Gasteiger charge is -2.24. The monoisotopic (exact) mass is 624 g/mol. The summed E-state index contributed by atoms with van der Waals surface area (Å²) in [6.07, 6.45) is 3.47. The Bertz CT molecular complexity index is 2010. The normalized spacial score (nSPS) is 16.1. The molecule has 10 nitrogen and oxygen atoms in total. The second-order valence-electron chi connectivity index (χ2n) is 10.4. The number of aryl methyl sites for hydroxylation is 2. The van der Waals surface area contributed by atoms with Crippen molar-refractivity contribution in [1.82, 2.24) is 14.4 Å². The number of carbonyl (C=O) groups is 2. The van der Waals surface area contributed by atoms with Crippen LogP contribution in [0.3, 0.4) is 0 Å². The number of aliphatic hydroxyl groups is 1. The maximum absolute atomic E-state index is 13.9. The number of thiazole rings is 1. The van der Waals surface area contributed by atoms with E-state index < -0.39 is 17.7 Å². The highest BCUT2D eigenvalue weighted by Gasteiger charge is 2.49. The minimum absolute atomic E-state index is 0.0966. The van der Waals surface area contributed by atoms with E-state index in [-0.39, 0.29) is 23.6 Å². The Hall–Kier alpha value is -5.16. The number of fused-ring (bicyclic) bond motifs is 2. The zero-order valence-electron chi connectivity index (χ0n) is 25.4. The van der Waals surface area contributed by atoms with E-state index in [2.05, 4.69) is 6.58 Å². The summed E-state index contributed by atoms with van der Waals surface area (Å²) < 4.78 is 20.0. The Kier molecular flexibility index (Phi) is 8.03. The van der Waals surface area contributed by atoms with Gasteiger partial charge < -0.3 is 23.7 Å². The Labute approximate surface area is 263 Å². The molecule has 1 amide bonds. The molecule has 0 aliphatic carbocycles. The molecule has 6 rings (SSSR count). The average Bonchev–Trinajstić information content (AvgIpc) is 3.68. The molecule has 5 aromatic rings. The first kappa shape index (κ1) is 29.9. The standard InChI is InChI=1S/C34H32N4O6S/c1-6-16-44-24-14-11-21(17-25(24)43-8-3)29-27(30(39)28-20(5)37-15-9-10-19(4)32(37)36-28)31(40)33(41)38(29)34-35-23-13-12-22(42-7-2)18-26(23)45-34/h6,9-15,17-18,29,39H,1,7-8,16H2,2-5H3. The van der Waals surface area contributed by atoms with E-state index in [4.69, 9.17) is 24.2 Å². The zero-order valence-corrected chi connectivity index (χ0v) is 26.2. The molecule has 11 heteroatoms. The molecular formula is C34H32N4O6S. The Morgan fingerprint density at radius 3 is 2.56 bits per heavy atom. The van der Waals surface area contributed by atoms with Crippen LogP contribution in [0.1, 0.15) is 42.4 Å². The van der Waals surface area contributed by atoms with Crippen LogP contribution in [-0.4, -0.2) is 51.0 Å². The zero-order chi connectivity index (χ0) is 31.8. The van der Waals surface area contributed by atoms with Gasteiger partial charge in [0.25, 0.3) is 5.78 Å². The van der Waals surface area contributed by atoms with Crippen molar-refractivity contribution in [3.05, 3.63) is 95.5 Å². The molecular weight excluding hydrogens is 592 g/mol. The smallest absolute Gasteiger partial charge is 0.301 e. The van der Waals surface area contributed by atoms with Crippen molar-refractivity contribution in [3.8, 4) is 17.2 Å². The number of amides is 1. The van der Waals surface area contributed by atoms with Gasteiger partial charge in [0.2, 0.25) is 0 Å². The molecule has 1 aliphatic heterocycles. The van der Waals surface area contributed by atoms with Crippen LogP contribution in [0, 0.1) is 13.8 Å². The molecule has 45 heavy (non-hydrogen) atoms. The van der Waals surface area contributed by atoms with E-state index in [1.54, 1.807) is 24.3 Å². The number of rotatable bonds is 10. The summed E-state index contributed by atoms with van der Waals surface area (Å²) >= 11 is 1.26. The number of anilines is 1. The van der Waals surface area contributed by atoms with Crippen LogP contribution in [0.25, 0.3) is 21.6 Å². The van der Waals surface area contributed by atoms with E-state index in [1.807, 2.05) is 68.6 Å². The van der Waals surface area contributed by atoms with Gasteiger partial charge in [0, 0.05) is 6.20 Å². The number of aromatic nitrogens is 3. The fourth-order valence-corrected chi connectivity index (χ4v) is 6.52. The van der Waals surface area contributed by atoms with E-state index in [0.29, 0.717) is 58.0 Å². The molecule has 0 radical (unpaired) electrons. The topological polar surface area (TPSA) is 115 Å². The third-order valence-electron chi connectivity index (χ3n) is 7.56. The third-order valence-corrected chi connectivity index (χ3v) is 8.58. The number of hydrogen-bond donors (Lipinski definition) is 1. The number of carbonyl (C=O) groups excluding carboxylic acids is 2. The summed E-state index contributed by atoms with van der Waals surface area (Å²) in [7, 11) is 0. The Morgan fingerprint density at radius 2 is 1.82 bits per heavy atom. The van der Waals surface area contributed by atoms with Crippen LogP contribution >= 0.6 is 11.3 Å². The Balaban J connectivity index is 1.57. The number of hydrogen-bond acceptors (Lipinski definition) is 9. The molecule has 1 N–H and O–H groups in total. The predicted molar refractivity (Wildman–Crippen MR) is 174 cm³/mol. The number of imidazole rings is 1. The lowest BCUT2D eigenvalue weighted by Crippen LogP contribution is -2.29. The summed E-state index contributed by atoms with van der Waals surface area (Å²) in [6.45, 7) is 12.3. The molecule has 1 aliphatic rings. The first-order valence-corrected chi connectivity index (χ1v) is 15.4. The lowest BCUT2D eigenvalue weighted by molar-refractivity contribution is -0.132. The maximum atomic E-state index is 13.9. The number of ketones is 1. The molecule has 0 spiro atoms. The second-order valence-corrected chi connectivity index (χ2v) is 11.4. The van der Waals surface area contributed by atoms with Crippen LogP contribution in [0.4, 0.5) is 5.13 Å². The minimum Gasteiger partial charge on any atom is -0.505 e. The van der Waals surface area contributed by atoms with Crippen LogP contribution in [0.2, 0.25) is 0 Å². The van der Waals surface area contributed by atoms with E-state index >= 15 is 0 Å². The van der Waals surface area contributed by atoms with Gasteiger partial charge in [-0.15, -0.1) is 0 Å². The van der Waals surface area contributed by atoms with Gasteiger partial charge in [0.1, 0.15) is 23.7 Å². The molecule has 0 saturated carbocycles. The summed E-state index contributed by atoms with van der Waals surface area (Å²) in [6, 6.07) is 13.4. The van der Waals surface area contributed by atoms with Gasteiger partial charge in [-0.05, 0) is 75.2 Å². The first-order valence-electron chi connectivity index (χ1n) is 14.6. The van der Waals surface area contributed by atoms with Gasteiger partial charge in [-0.3, -0.25) is 14.5 Å². The number of aliphatic hydroxyl groups excluding tert-OH is 1. The van der Waals surface area contributed by atoms with Crippen molar-refractivity contribution in [2.24, 2.45) is 0 Å². The van der Waals surface area contributed by atoms with Gasteiger partial charge in [0.05, 0.1) is 40.7 Å². The highest BCUT2D eigenvalue weighted by molar-refractivity contribution is 7.22. The largest absolute Gasteiger partial charge is 0.505 e. The van der Waals surface area contributed by atoms with Gasteiger partial charge in [-0.2, -0.15) is 0 Å². The molecule has 2 aromatic carbocycles. The fraction of sp³-hybridized carbons (Fsp3) is 0.235. The molecule has 4 heterocycles.